The number of rotatable bonds is 11. The van der Waals surface area contributed by atoms with Gasteiger partial charge in [0.2, 0.25) is 21.8 Å². The molecule has 0 aliphatic heterocycles. The number of nitrogens with zero attached hydrogens (tertiary/aromatic N) is 2. The molecule has 0 spiro atoms. The van der Waals surface area contributed by atoms with Crippen LogP contribution in [0.5, 0.6) is 0 Å². The van der Waals surface area contributed by atoms with Crippen molar-refractivity contribution in [2.45, 2.75) is 46.2 Å². The van der Waals surface area contributed by atoms with Crippen LogP contribution in [0.15, 0.2) is 53.0 Å². The number of hydrogen-bond donors (Lipinski definition) is 1. The van der Waals surface area contributed by atoms with Crippen LogP contribution in [0.1, 0.15) is 37.8 Å². The number of benzene rings is 2. The van der Waals surface area contributed by atoms with E-state index in [9.17, 15) is 18.0 Å². The van der Waals surface area contributed by atoms with Crippen molar-refractivity contribution < 1.29 is 18.0 Å². The van der Waals surface area contributed by atoms with Gasteiger partial charge in [0.1, 0.15) is 12.6 Å². The molecule has 0 aliphatic carbocycles. The fourth-order valence-electron chi connectivity index (χ4n) is 3.23. The number of sulfonamides is 1. The van der Waals surface area contributed by atoms with Crippen molar-refractivity contribution >= 4 is 43.5 Å². The van der Waals surface area contributed by atoms with E-state index in [4.69, 9.17) is 0 Å². The minimum absolute atomic E-state index is 0.194. The largest absolute Gasteiger partial charge is 0.354 e. The summed E-state index contributed by atoms with van der Waals surface area (Å²) < 4.78 is 26.9. The molecule has 0 unspecified atom stereocenters. The zero-order chi connectivity index (χ0) is 24.6. The van der Waals surface area contributed by atoms with Gasteiger partial charge >= 0.3 is 0 Å². The molecule has 9 heteroatoms. The molecular formula is C24H32BrN3O4S. The predicted octanol–water partition coefficient (Wildman–Crippen LogP) is 3.86. The van der Waals surface area contributed by atoms with Crippen LogP contribution in [-0.4, -0.2) is 50.5 Å². The Hall–Kier alpha value is -2.39. The average molecular weight is 539 g/mol. The third-order valence-corrected chi connectivity index (χ3v) is 6.93. The van der Waals surface area contributed by atoms with Crippen molar-refractivity contribution in [3.8, 4) is 0 Å². The van der Waals surface area contributed by atoms with Crippen LogP contribution in [0.3, 0.4) is 0 Å². The van der Waals surface area contributed by atoms with Crippen LogP contribution in [0, 0.1) is 6.92 Å². The molecule has 0 heterocycles. The summed E-state index contributed by atoms with van der Waals surface area (Å²) in [5.74, 6) is -0.722. The normalized spacial score (nSPS) is 12.2. The number of carbonyl (C=O) groups excluding carboxylic acids is 2. The third-order valence-electron chi connectivity index (χ3n) is 5.26. The van der Waals surface area contributed by atoms with E-state index in [0.717, 1.165) is 39.0 Å². The van der Waals surface area contributed by atoms with Gasteiger partial charge in [-0.2, -0.15) is 0 Å². The molecule has 0 aromatic heterocycles. The molecule has 2 aromatic carbocycles. The number of nitrogens with one attached hydrogen (secondary N) is 1. The van der Waals surface area contributed by atoms with Crippen molar-refractivity contribution in [1.82, 2.24) is 10.2 Å². The van der Waals surface area contributed by atoms with Crippen LogP contribution in [-0.2, 0) is 26.2 Å². The zero-order valence-corrected chi connectivity index (χ0v) is 21.9. The Bertz CT molecular complexity index is 1040. The first-order chi connectivity index (χ1) is 15.5. The van der Waals surface area contributed by atoms with Crippen LogP contribution >= 0.6 is 15.9 Å². The Kier molecular flexibility index (Phi) is 9.91. The lowest BCUT2D eigenvalue weighted by Crippen LogP contribution is -2.51. The van der Waals surface area contributed by atoms with Crippen molar-refractivity contribution in [2.75, 3.05) is 23.7 Å². The Morgan fingerprint density at radius 3 is 2.21 bits per heavy atom. The second-order valence-corrected chi connectivity index (χ2v) is 10.9. The van der Waals surface area contributed by atoms with Crippen LogP contribution in [0.2, 0.25) is 0 Å². The van der Waals surface area contributed by atoms with E-state index in [-0.39, 0.29) is 12.5 Å². The number of halogens is 1. The molecule has 33 heavy (non-hydrogen) atoms. The van der Waals surface area contributed by atoms with Crippen LogP contribution in [0.4, 0.5) is 5.69 Å². The second kappa shape index (κ2) is 12.2. The lowest BCUT2D eigenvalue weighted by atomic mass is 10.1. The monoisotopic (exact) mass is 537 g/mol. The molecule has 2 aromatic rings. The SMILES string of the molecule is CCCCNC(=O)[C@H](C)N(Cc1ccc(C)cc1)C(=O)CN(c1ccc(Br)cc1)S(C)(=O)=O. The first-order valence-electron chi connectivity index (χ1n) is 10.9. The summed E-state index contributed by atoms with van der Waals surface area (Å²) in [6.45, 7) is 5.99. The lowest BCUT2D eigenvalue weighted by molar-refractivity contribution is -0.139. The van der Waals surface area contributed by atoms with Crippen molar-refractivity contribution in [3.63, 3.8) is 0 Å². The van der Waals surface area contributed by atoms with Gasteiger partial charge in [-0.25, -0.2) is 8.42 Å². The highest BCUT2D eigenvalue weighted by Gasteiger charge is 2.29. The maximum absolute atomic E-state index is 13.4. The van der Waals surface area contributed by atoms with E-state index < -0.39 is 28.5 Å². The minimum Gasteiger partial charge on any atom is -0.354 e. The van der Waals surface area contributed by atoms with E-state index in [1.807, 2.05) is 38.1 Å². The van der Waals surface area contributed by atoms with Gasteiger partial charge in [0, 0.05) is 17.6 Å². The molecule has 1 atom stereocenters. The summed E-state index contributed by atoms with van der Waals surface area (Å²) in [6, 6.07) is 13.6. The maximum atomic E-state index is 13.4. The fraction of sp³-hybridized carbons (Fsp3) is 0.417. The molecule has 0 saturated carbocycles. The molecule has 2 rings (SSSR count). The van der Waals surface area contributed by atoms with Gasteiger partial charge in [-0.3, -0.25) is 13.9 Å². The molecule has 7 nitrogen and oxygen atoms in total. The second-order valence-electron chi connectivity index (χ2n) is 8.07. The Balaban J connectivity index is 2.32. The fourth-order valence-corrected chi connectivity index (χ4v) is 4.34. The molecular weight excluding hydrogens is 506 g/mol. The number of unbranched alkanes of at least 4 members (excludes halogenated alkanes) is 1. The Morgan fingerprint density at radius 1 is 1.06 bits per heavy atom. The van der Waals surface area contributed by atoms with Crippen molar-refractivity contribution in [3.05, 3.63) is 64.1 Å². The minimum atomic E-state index is -3.73. The van der Waals surface area contributed by atoms with E-state index >= 15 is 0 Å². The number of amides is 2. The van der Waals surface area contributed by atoms with E-state index in [1.54, 1.807) is 31.2 Å². The van der Waals surface area contributed by atoms with Gasteiger partial charge in [0.05, 0.1) is 11.9 Å². The molecule has 0 bridgehead atoms. The number of hydrogen-bond acceptors (Lipinski definition) is 4. The van der Waals surface area contributed by atoms with E-state index in [2.05, 4.69) is 21.2 Å². The van der Waals surface area contributed by atoms with Gasteiger partial charge in [0.25, 0.3) is 0 Å². The van der Waals surface area contributed by atoms with E-state index in [0.29, 0.717) is 12.2 Å². The summed E-state index contributed by atoms with van der Waals surface area (Å²) in [5.41, 5.74) is 2.32. The lowest BCUT2D eigenvalue weighted by Gasteiger charge is -2.31. The smallest absolute Gasteiger partial charge is 0.244 e. The average Bonchev–Trinajstić information content (AvgIpc) is 2.76. The topological polar surface area (TPSA) is 86.8 Å². The van der Waals surface area contributed by atoms with Gasteiger partial charge in [-0.15, -0.1) is 0 Å². The van der Waals surface area contributed by atoms with E-state index in [1.165, 1.54) is 4.90 Å². The highest BCUT2D eigenvalue weighted by Crippen LogP contribution is 2.21. The zero-order valence-electron chi connectivity index (χ0n) is 19.5. The first-order valence-corrected chi connectivity index (χ1v) is 13.5. The Labute approximate surface area is 205 Å². The predicted molar refractivity (Wildman–Crippen MR) is 135 cm³/mol. The number of carbonyl (C=O) groups is 2. The number of aryl methyl sites for hydroxylation is 1. The van der Waals surface area contributed by atoms with Crippen molar-refractivity contribution in [1.29, 1.82) is 0 Å². The highest BCUT2D eigenvalue weighted by atomic mass is 79.9. The summed E-state index contributed by atoms with van der Waals surface area (Å²) in [6.07, 6.45) is 2.85. The summed E-state index contributed by atoms with van der Waals surface area (Å²) in [7, 11) is -3.73. The molecule has 180 valence electrons. The van der Waals surface area contributed by atoms with Crippen LogP contribution in [0.25, 0.3) is 0 Å². The Morgan fingerprint density at radius 2 is 1.67 bits per heavy atom. The molecule has 0 fully saturated rings. The van der Waals surface area contributed by atoms with Gasteiger partial charge in [-0.05, 0) is 50.1 Å². The van der Waals surface area contributed by atoms with Gasteiger partial charge < -0.3 is 10.2 Å². The van der Waals surface area contributed by atoms with Crippen LogP contribution < -0.4 is 9.62 Å². The molecule has 0 radical (unpaired) electrons. The van der Waals surface area contributed by atoms with Crippen molar-refractivity contribution in [2.24, 2.45) is 0 Å². The maximum Gasteiger partial charge on any atom is 0.244 e. The van der Waals surface area contributed by atoms with Gasteiger partial charge in [0.15, 0.2) is 0 Å². The summed E-state index contributed by atoms with van der Waals surface area (Å²) >= 11 is 3.33. The highest BCUT2D eigenvalue weighted by molar-refractivity contribution is 9.10. The summed E-state index contributed by atoms with van der Waals surface area (Å²) in [5, 5.41) is 2.87. The molecule has 2 amide bonds. The molecule has 1 N–H and O–H groups in total. The standard InChI is InChI=1S/C24H32BrN3O4S/c1-5-6-15-26-24(30)19(3)27(16-20-9-7-18(2)8-10-20)23(29)17-28(33(4,31)32)22-13-11-21(25)12-14-22/h7-14,19H,5-6,15-17H2,1-4H3,(H,26,30)/t19-/m0/s1. The van der Waals surface area contributed by atoms with Gasteiger partial charge in [-0.1, -0.05) is 59.1 Å². The summed E-state index contributed by atoms with van der Waals surface area (Å²) in [4.78, 5) is 27.6. The molecule has 0 aliphatic rings. The number of anilines is 1. The first kappa shape index (κ1) is 26.9. The third kappa shape index (κ3) is 8.16. The quantitative estimate of drug-likeness (QED) is 0.441. The molecule has 0 saturated heterocycles.